The van der Waals surface area contributed by atoms with Crippen LogP contribution in [0.3, 0.4) is 0 Å². The van der Waals surface area contributed by atoms with E-state index in [1.54, 1.807) is 6.20 Å². The molecule has 2 aromatic rings. The first-order valence-electron chi connectivity index (χ1n) is 5.22. The van der Waals surface area contributed by atoms with Gasteiger partial charge in [-0.15, -0.1) is 0 Å². The maximum Gasteiger partial charge on any atom is 0.133 e. The van der Waals surface area contributed by atoms with Gasteiger partial charge in [-0.2, -0.15) is 0 Å². The number of aryl methyl sites for hydroxylation is 2. The number of nitrogens with one attached hydrogen (secondary N) is 1. The molecule has 0 aliphatic rings. The fourth-order valence-corrected chi connectivity index (χ4v) is 2.35. The summed E-state index contributed by atoms with van der Waals surface area (Å²) >= 11 is 6.99. The van der Waals surface area contributed by atoms with Crippen molar-refractivity contribution in [2.75, 3.05) is 5.32 Å². The average molecular weight is 356 g/mol. The van der Waals surface area contributed by atoms with Crippen LogP contribution in [-0.4, -0.2) is 4.98 Å². The highest BCUT2D eigenvalue weighted by Gasteiger charge is 2.05. The quantitative estimate of drug-likeness (QED) is 0.822. The summed E-state index contributed by atoms with van der Waals surface area (Å²) in [7, 11) is 0. The van der Waals surface area contributed by atoms with Gasteiger partial charge in [0.15, 0.2) is 0 Å². The van der Waals surface area contributed by atoms with Crippen molar-refractivity contribution >= 4 is 43.4 Å². The van der Waals surface area contributed by atoms with E-state index in [1.165, 1.54) is 5.56 Å². The maximum atomic E-state index is 4.37. The van der Waals surface area contributed by atoms with E-state index < -0.39 is 0 Å². The van der Waals surface area contributed by atoms with E-state index in [1.807, 2.05) is 25.1 Å². The Morgan fingerprint density at radius 3 is 2.59 bits per heavy atom. The van der Waals surface area contributed by atoms with Crippen LogP contribution in [0.5, 0.6) is 0 Å². The Bertz CT molecular complexity index is 553. The smallest absolute Gasteiger partial charge is 0.133 e. The van der Waals surface area contributed by atoms with Gasteiger partial charge in [0.05, 0.1) is 5.69 Å². The van der Waals surface area contributed by atoms with Crippen molar-refractivity contribution in [2.24, 2.45) is 0 Å². The number of nitrogens with zero attached hydrogens (tertiary/aromatic N) is 1. The zero-order chi connectivity index (χ0) is 12.4. The van der Waals surface area contributed by atoms with Crippen LogP contribution in [0, 0.1) is 13.8 Å². The Balaban J connectivity index is 2.35. The standard InChI is InChI=1S/C13H12Br2N2/c1-8-4-3-5-11(12(8)15)17-13-9(2)6-10(14)7-16-13/h3-7H,1-2H3,(H,16,17). The molecule has 0 radical (unpaired) electrons. The molecule has 2 nitrogen and oxygen atoms in total. The molecule has 88 valence electrons. The first kappa shape index (κ1) is 12.6. The van der Waals surface area contributed by atoms with Crippen LogP contribution in [0.25, 0.3) is 0 Å². The van der Waals surface area contributed by atoms with Crippen molar-refractivity contribution in [1.29, 1.82) is 0 Å². The van der Waals surface area contributed by atoms with E-state index in [4.69, 9.17) is 0 Å². The average Bonchev–Trinajstić information content (AvgIpc) is 2.28. The molecule has 0 aliphatic heterocycles. The van der Waals surface area contributed by atoms with Crippen LogP contribution in [0.4, 0.5) is 11.5 Å². The number of benzene rings is 1. The van der Waals surface area contributed by atoms with Gasteiger partial charge in [0.25, 0.3) is 0 Å². The van der Waals surface area contributed by atoms with Crippen molar-refractivity contribution < 1.29 is 0 Å². The normalized spacial score (nSPS) is 10.4. The first-order chi connectivity index (χ1) is 8.08. The topological polar surface area (TPSA) is 24.9 Å². The minimum atomic E-state index is 0.875. The minimum Gasteiger partial charge on any atom is -0.339 e. The Hall–Kier alpha value is -0.870. The third-order valence-electron chi connectivity index (χ3n) is 2.49. The third-order valence-corrected chi connectivity index (χ3v) is 3.98. The highest BCUT2D eigenvalue weighted by Crippen LogP contribution is 2.29. The highest BCUT2D eigenvalue weighted by molar-refractivity contribution is 9.11. The molecule has 0 unspecified atom stereocenters. The molecule has 0 atom stereocenters. The molecule has 0 bridgehead atoms. The lowest BCUT2D eigenvalue weighted by atomic mass is 10.2. The van der Waals surface area contributed by atoms with E-state index in [0.29, 0.717) is 0 Å². The van der Waals surface area contributed by atoms with E-state index in [2.05, 4.69) is 55.2 Å². The predicted octanol–water partition coefficient (Wildman–Crippen LogP) is 4.97. The molecule has 0 fully saturated rings. The zero-order valence-electron chi connectivity index (χ0n) is 9.59. The molecule has 0 aliphatic carbocycles. The molecule has 2 rings (SSSR count). The summed E-state index contributed by atoms with van der Waals surface area (Å²) < 4.78 is 2.06. The van der Waals surface area contributed by atoms with Crippen LogP contribution in [0.2, 0.25) is 0 Å². The van der Waals surface area contributed by atoms with Crippen LogP contribution in [0.15, 0.2) is 39.4 Å². The summed E-state index contributed by atoms with van der Waals surface area (Å²) in [6.07, 6.45) is 1.79. The summed E-state index contributed by atoms with van der Waals surface area (Å²) in [5.41, 5.74) is 3.33. The highest BCUT2D eigenvalue weighted by atomic mass is 79.9. The number of pyridine rings is 1. The van der Waals surface area contributed by atoms with Crippen LogP contribution >= 0.6 is 31.9 Å². The Morgan fingerprint density at radius 1 is 1.12 bits per heavy atom. The summed E-state index contributed by atoms with van der Waals surface area (Å²) in [4.78, 5) is 4.37. The molecule has 17 heavy (non-hydrogen) atoms. The molecule has 1 heterocycles. The van der Waals surface area contributed by atoms with Crippen LogP contribution in [0.1, 0.15) is 11.1 Å². The van der Waals surface area contributed by atoms with E-state index in [9.17, 15) is 0 Å². The van der Waals surface area contributed by atoms with E-state index in [0.717, 1.165) is 26.0 Å². The fourth-order valence-electron chi connectivity index (χ4n) is 1.54. The van der Waals surface area contributed by atoms with Gasteiger partial charge in [0.1, 0.15) is 5.82 Å². The van der Waals surface area contributed by atoms with Gasteiger partial charge in [-0.05, 0) is 69.0 Å². The van der Waals surface area contributed by atoms with Crippen molar-refractivity contribution in [3.63, 3.8) is 0 Å². The summed E-state index contributed by atoms with van der Waals surface area (Å²) in [6.45, 7) is 4.10. The number of anilines is 2. The van der Waals surface area contributed by atoms with Gasteiger partial charge < -0.3 is 5.32 Å². The SMILES string of the molecule is Cc1cc(Br)cnc1Nc1cccc(C)c1Br. The monoisotopic (exact) mass is 354 g/mol. The molecule has 0 saturated heterocycles. The summed E-state index contributed by atoms with van der Waals surface area (Å²) in [5.74, 6) is 0.875. The molecule has 0 spiro atoms. The van der Waals surface area contributed by atoms with Crippen molar-refractivity contribution in [2.45, 2.75) is 13.8 Å². The second-order valence-electron chi connectivity index (χ2n) is 3.88. The number of rotatable bonds is 2. The van der Waals surface area contributed by atoms with Gasteiger partial charge in [0, 0.05) is 15.1 Å². The molecule has 1 aromatic carbocycles. The van der Waals surface area contributed by atoms with Gasteiger partial charge in [-0.1, -0.05) is 12.1 Å². The molecular weight excluding hydrogens is 344 g/mol. The number of halogens is 2. The summed E-state index contributed by atoms with van der Waals surface area (Å²) in [5, 5.41) is 3.33. The first-order valence-corrected chi connectivity index (χ1v) is 6.81. The Kier molecular flexibility index (Phi) is 3.84. The Morgan fingerprint density at radius 2 is 1.88 bits per heavy atom. The zero-order valence-corrected chi connectivity index (χ0v) is 12.8. The molecule has 0 saturated carbocycles. The number of aromatic nitrogens is 1. The molecule has 1 aromatic heterocycles. The summed E-state index contributed by atoms with van der Waals surface area (Å²) in [6, 6.07) is 8.16. The van der Waals surface area contributed by atoms with E-state index in [-0.39, 0.29) is 0 Å². The van der Waals surface area contributed by atoms with Gasteiger partial charge in [-0.25, -0.2) is 4.98 Å². The van der Waals surface area contributed by atoms with Crippen LogP contribution in [-0.2, 0) is 0 Å². The largest absolute Gasteiger partial charge is 0.339 e. The van der Waals surface area contributed by atoms with Gasteiger partial charge in [-0.3, -0.25) is 0 Å². The second kappa shape index (κ2) is 5.19. The molecular formula is C13H12Br2N2. The van der Waals surface area contributed by atoms with E-state index >= 15 is 0 Å². The van der Waals surface area contributed by atoms with Crippen molar-refractivity contribution in [3.05, 3.63) is 50.5 Å². The van der Waals surface area contributed by atoms with Gasteiger partial charge >= 0.3 is 0 Å². The lowest BCUT2D eigenvalue weighted by Crippen LogP contribution is -1.97. The minimum absolute atomic E-state index is 0.875. The predicted molar refractivity (Wildman–Crippen MR) is 78.8 cm³/mol. The molecule has 1 N–H and O–H groups in total. The Labute approximate surface area is 118 Å². The second-order valence-corrected chi connectivity index (χ2v) is 5.59. The lowest BCUT2D eigenvalue weighted by Gasteiger charge is -2.11. The number of hydrogen-bond acceptors (Lipinski definition) is 2. The van der Waals surface area contributed by atoms with Crippen molar-refractivity contribution in [3.8, 4) is 0 Å². The molecule has 4 heteroatoms. The third kappa shape index (κ3) is 2.87. The lowest BCUT2D eigenvalue weighted by molar-refractivity contribution is 1.24. The molecule has 0 amide bonds. The van der Waals surface area contributed by atoms with Crippen molar-refractivity contribution in [1.82, 2.24) is 4.98 Å². The number of hydrogen-bond donors (Lipinski definition) is 1. The maximum absolute atomic E-state index is 4.37. The fraction of sp³-hybridized carbons (Fsp3) is 0.154. The van der Waals surface area contributed by atoms with Crippen LogP contribution < -0.4 is 5.32 Å². The van der Waals surface area contributed by atoms with Gasteiger partial charge in [0.2, 0.25) is 0 Å².